The van der Waals surface area contributed by atoms with E-state index in [1.165, 1.54) is 38.5 Å². The Morgan fingerprint density at radius 3 is 2.02 bits per heavy atom. The number of para-hydroxylation sites is 2. The lowest BCUT2D eigenvalue weighted by atomic mass is 9.94. The number of benzene rings is 6. The molecule has 0 saturated heterocycles. The molecular formula is C40H31N3O2. The molecule has 5 nitrogen and oxygen atoms in total. The maximum Gasteiger partial charge on any atom is 0.135 e. The van der Waals surface area contributed by atoms with Gasteiger partial charge in [-0.1, -0.05) is 91.0 Å². The third-order valence-electron chi connectivity index (χ3n) is 8.75. The molecule has 0 radical (unpaired) electrons. The molecule has 1 aromatic heterocycles. The van der Waals surface area contributed by atoms with Gasteiger partial charge < -0.3 is 25.5 Å². The molecule has 0 bridgehead atoms. The fourth-order valence-corrected chi connectivity index (χ4v) is 6.66. The Bertz CT molecular complexity index is 2310. The minimum absolute atomic E-state index is 0.481. The zero-order valence-electron chi connectivity index (χ0n) is 24.6. The Kier molecular flexibility index (Phi) is 6.50. The first-order valence-electron chi connectivity index (χ1n) is 15.1. The van der Waals surface area contributed by atoms with Crippen LogP contribution in [0.2, 0.25) is 0 Å². The van der Waals surface area contributed by atoms with Gasteiger partial charge in [0.05, 0.1) is 12.2 Å². The lowest BCUT2D eigenvalue weighted by Gasteiger charge is -2.27. The number of fused-ring (bicyclic) bond motifs is 8. The van der Waals surface area contributed by atoms with Gasteiger partial charge in [0.2, 0.25) is 0 Å². The van der Waals surface area contributed by atoms with Gasteiger partial charge in [-0.05, 0) is 74.9 Å². The Balaban J connectivity index is 1.35. The van der Waals surface area contributed by atoms with Gasteiger partial charge >= 0.3 is 0 Å². The fraction of sp³-hybridized carbons (Fsp3) is 0.0500. The summed E-state index contributed by atoms with van der Waals surface area (Å²) in [5, 5.41) is 8.36. The number of rotatable bonds is 6. The van der Waals surface area contributed by atoms with Crippen molar-refractivity contribution in [2.45, 2.75) is 6.54 Å². The second-order valence-corrected chi connectivity index (χ2v) is 11.3. The molecule has 7 aromatic rings. The number of furan rings is 1. The quantitative estimate of drug-likeness (QED) is 0.190. The lowest BCUT2D eigenvalue weighted by Crippen LogP contribution is -2.22. The summed E-state index contributed by atoms with van der Waals surface area (Å²) in [7, 11) is 0. The Morgan fingerprint density at radius 1 is 0.689 bits per heavy atom. The van der Waals surface area contributed by atoms with Crippen LogP contribution in [-0.4, -0.2) is 6.61 Å². The fourth-order valence-electron chi connectivity index (χ4n) is 6.66. The van der Waals surface area contributed by atoms with Gasteiger partial charge in [-0.15, -0.1) is 0 Å². The van der Waals surface area contributed by atoms with Gasteiger partial charge in [0.25, 0.3) is 0 Å². The molecule has 8 rings (SSSR count). The van der Waals surface area contributed by atoms with Crippen LogP contribution in [0.3, 0.4) is 0 Å². The van der Waals surface area contributed by atoms with Gasteiger partial charge in [0.1, 0.15) is 23.7 Å². The third-order valence-corrected chi connectivity index (χ3v) is 8.75. The molecule has 0 saturated carbocycles. The molecule has 45 heavy (non-hydrogen) atoms. The van der Waals surface area contributed by atoms with Crippen LogP contribution in [0.4, 0.5) is 5.69 Å². The minimum atomic E-state index is 0.481. The monoisotopic (exact) mass is 585 g/mol. The van der Waals surface area contributed by atoms with E-state index in [9.17, 15) is 0 Å². The average Bonchev–Trinajstić information content (AvgIpc) is 3.67. The normalized spacial score (nSPS) is 14.2. The average molecular weight is 586 g/mol. The second-order valence-electron chi connectivity index (χ2n) is 11.3. The van der Waals surface area contributed by atoms with Crippen molar-refractivity contribution >= 4 is 60.6 Å². The van der Waals surface area contributed by atoms with Crippen molar-refractivity contribution in [3.8, 4) is 5.75 Å². The Labute approximate surface area is 260 Å². The molecule has 0 aliphatic carbocycles. The van der Waals surface area contributed by atoms with Crippen molar-refractivity contribution in [3.63, 3.8) is 0 Å². The molecule has 0 amide bonds. The van der Waals surface area contributed by atoms with E-state index in [1.807, 2.05) is 42.5 Å². The van der Waals surface area contributed by atoms with E-state index < -0.39 is 0 Å². The van der Waals surface area contributed by atoms with Crippen molar-refractivity contribution in [1.29, 1.82) is 0 Å². The maximum atomic E-state index is 6.48. The summed E-state index contributed by atoms with van der Waals surface area (Å²) in [6, 6.07) is 40.2. The van der Waals surface area contributed by atoms with Gasteiger partial charge in [0.15, 0.2) is 0 Å². The predicted octanol–water partition coefficient (Wildman–Crippen LogP) is 9.10. The van der Waals surface area contributed by atoms with Gasteiger partial charge in [-0.2, -0.15) is 0 Å². The number of allylic oxidation sites excluding steroid dienone is 1. The van der Waals surface area contributed by atoms with Crippen molar-refractivity contribution in [2.75, 3.05) is 11.5 Å². The molecule has 5 heteroatoms. The zero-order chi connectivity index (χ0) is 30.3. The van der Waals surface area contributed by atoms with E-state index in [1.54, 1.807) is 6.20 Å². The summed E-state index contributed by atoms with van der Waals surface area (Å²) < 4.78 is 12.3. The van der Waals surface area contributed by atoms with Crippen LogP contribution in [0.1, 0.15) is 16.9 Å². The van der Waals surface area contributed by atoms with Crippen LogP contribution < -0.4 is 21.1 Å². The zero-order valence-corrected chi connectivity index (χ0v) is 24.6. The molecule has 1 aliphatic heterocycles. The highest BCUT2D eigenvalue weighted by atomic mass is 16.5. The molecule has 2 heterocycles. The van der Waals surface area contributed by atoms with E-state index in [2.05, 4.69) is 89.8 Å². The van der Waals surface area contributed by atoms with Crippen LogP contribution in [0.5, 0.6) is 5.75 Å². The third kappa shape index (κ3) is 4.48. The van der Waals surface area contributed by atoms with Crippen LogP contribution in [0.15, 0.2) is 144 Å². The second kappa shape index (κ2) is 11.0. The van der Waals surface area contributed by atoms with Crippen molar-refractivity contribution < 1.29 is 9.15 Å². The number of hydrogen-bond donors (Lipinski definition) is 2. The standard InChI is InChI=1S/C40H31N3O2/c41-20-19-40-37(35-14-6-8-16-39(35)45-40)24-43(28(23-42)21-26-25-44-38-15-7-5-9-29(26)38)27-17-18-34-32-12-2-1-10-30(32)31-11-3-4-13-33(31)36(34)22-27/h1-23H,24-25,41-42H2/b20-19-,26-21+,28-23+. The summed E-state index contributed by atoms with van der Waals surface area (Å²) in [5.41, 5.74) is 18.2. The maximum absolute atomic E-state index is 6.48. The number of anilines is 1. The highest BCUT2D eigenvalue weighted by Gasteiger charge is 2.22. The molecule has 0 spiro atoms. The number of nitrogens with zero attached hydrogens (tertiary/aromatic N) is 1. The first kappa shape index (κ1) is 26.7. The van der Waals surface area contributed by atoms with Crippen LogP contribution in [0.25, 0.3) is 54.9 Å². The van der Waals surface area contributed by atoms with Crippen molar-refractivity contribution in [1.82, 2.24) is 0 Å². The summed E-state index contributed by atoms with van der Waals surface area (Å²) in [6.07, 6.45) is 7.15. The van der Waals surface area contributed by atoms with E-state index in [4.69, 9.17) is 20.6 Å². The van der Waals surface area contributed by atoms with Gasteiger partial charge in [-0.3, -0.25) is 0 Å². The summed E-state index contributed by atoms with van der Waals surface area (Å²) in [6.45, 7) is 0.984. The summed E-state index contributed by atoms with van der Waals surface area (Å²) in [4.78, 5) is 2.25. The molecule has 0 unspecified atom stereocenters. The van der Waals surface area contributed by atoms with E-state index in [0.29, 0.717) is 13.2 Å². The number of ether oxygens (including phenoxy) is 1. The minimum Gasteiger partial charge on any atom is -0.488 e. The molecule has 1 aliphatic rings. The van der Waals surface area contributed by atoms with Crippen molar-refractivity contribution in [2.24, 2.45) is 11.5 Å². The highest BCUT2D eigenvalue weighted by Crippen LogP contribution is 2.40. The summed E-state index contributed by atoms with van der Waals surface area (Å²) >= 11 is 0. The first-order valence-corrected chi connectivity index (χ1v) is 15.1. The lowest BCUT2D eigenvalue weighted by molar-refractivity contribution is 0.388. The molecule has 0 fully saturated rings. The Hall–Kier alpha value is -5.94. The SMILES string of the molecule is N/C=C\c1oc2ccccc2c1CN(C(/C=C1\COc2ccccc21)=C/N)c1ccc2c3ccccc3c3ccccc3c2c1. The van der Waals surface area contributed by atoms with Gasteiger partial charge in [-0.25, -0.2) is 0 Å². The van der Waals surface area contributed by atoms with Crippen LogP contribution in [-0.2, 0) is 6.54 Å². The molecule has 4 N–H and O–H groups in total. The Morgan fingerprint density at radius 2 is 1.31 bits per heavy atom. The number of hydrogen-bond acceptors (Lipinski definition) is 5. The molecular weight excluding hydrogens is 554 g/mol. The van der Waals surface area contributed by atoms with E-state index in [-0.39, 0.29) is 0 Å². The number of nitrogens with two attached hydrogens (primary N) is 2. The smallest absolute Gasteiger partial charge is 0.135 e. The molecule has 218 valence electrons. The van der Waals surface area contributed by atoms with Crippen molar-refractivity contribution in [3.05, 3.63) is 156 Å². The van der Waals surface area contributed by atoms with Gasteiger partial charge in [0, 0.05) is 34.0 Å². The predicted molar refractivity (Wildman–Crippen MR) is 187 cm³/mol. The van der Waals surface area contributed by atoms with Crippen LogP contribution >= 0.6 is 0 Å². The molecule has 0 atom stereocenters. The highest BCUT2D eigenvalue weighted by molar-refractivity contribution is 6.25. The van der Waals surface area contributed by atoms with E-state index >= 15 is 0 Å². The largest absolute Gasteiger partial charge is 0.488 e. The topological polar surface area (TPSA) is 77.6 Å². The van der Waals surface area contributed by atoms with Crippen LogP contribution in [0, 0.1) is 0 Å². The molecule has 6 aromatic carbocycles. The summed E-state index contributed by atoms with van der Waals surface area (Å²) in [5.74, 6) is 1.60. The van der Waals surface area contributed by atoms with E-state index in [0.717, 1.165) is 50.6 Å². The first-order chi connectivity index (χ1) is 22.2.